The van der Waals surface area contributed by atoms with Gasteiger partial charge in [-0.2, -0.15) is 0 Å². The summed E-state index contributed by atoms with van der Waals surface area (Å²) in [4.78, 5) is 25.7. The Kier molecular flexibility index (Phi) is 6.21. The first-order chi connectivity index (χ1) is 13.4. The third-order valence-corrected chi connectivity index (χ3v) is 5.26. The largest absolute Gasteiger partial charge is 0.347 e. The van der Waals surface area contributed by atoms with Crippen LogP contribution in [0, 0.1) is 11.7 Å². The van der Waals surface area contributed by atoms with Gasteiger partial charge in [0.1, 0.15) is 5.82 Å². The van der Waals surface area contributed by atoms with Crippen LogP contribution in [0.15, 0.2) is 60.7 Å². The molecule has 0 spiro atoms. The molecule has 0 aliphatic rings. The minimum absolute atomic E-state index is 0.0481. The molecule has 4 nitrogen and oxygen atoms in total. The van der Waals surface area contributed by atoms with E-state index in [-0.39, 0.29) is 23.5 Å². The van der Waals surface area contributed by atoms with Crippen LogP contribution in [0.1, 0.15) is 29.1 Å². The molecule has 2 N–H and O–H groups in total. The van der Waals surface area contributed by atoms with Crippen molar-refractivity contribution in [2.75, 3.05) is 5.32 Å². The summed E-state index contributed by atoms with van der Waals surface area (Å²) in [6, 6.07) is 17.2. The van der Waals surface area contributed by atoms with E-state index in [1.165, 1.54) is 23.5 Å². The lowest BCUT2D eigenvalue weighted by atomic mass is 10.1. The zero-order chi connectivity index (χ0) is 20.1. The summed E-state index contributed by atoms with van der Waals surface area (Å²) in [6.45, 7) is 4.02. The Labute approximate surface area is 167 Å². The van der Waals surface area contributed by atoms with Crippen LogP contribution in [0.2, 0.25) is 0 Å². The topological polar surface area (TPSA) is 58.2 Å². The van der Waals surface area contributed by atoms with Crippen molar-refractivity contribution in [2.45, 2.75) is 20.4 Å². The average molecular weight is 396 g/mol. The van der Waals surface area contributed by atoms with Crippen LogP contribution < -0.4 is 10.6 Å². The molecule has 0 radical (unpaired) electrons. The Balaban J connectivity index is 1.61. The van der Waals surface area contributed by atoms with Gasteiger partial charge < -0.3 is 10.6 Å². The maximum Gasteiger partial charge on any atom is 0.261 e. The second kappa shape index (κ2) is 8.80. The summed E-state index contributed by atoms with van der Waals surface area (Å²) in [5.74, 6) is -0.606. The number of anilines is 1. The molecule has 0 bridgehead atoms. The number of halogens is 1. The summed E-state index contributed by atoms with van der Waals surface area (Å²) in [5.41, 5.74) is 2.48. The number of carbonyl (C=O) groups is 2. The highest BCUT2D eigenvalue weighted by Crippen LogP contribution is 2.28. The van der Waals surface area contributed by atoms with Gasteiger partial charge in [0.2, 0.25) is 5.91 Å². The quantitative estimate of drug-likeness (QED) is 0.610. The molecule has 0 atom stereocenters. The molecule has 0 aliphatic heterocycles. The smallest absolute Gasteiger partial charge is 0.261 e. The molecule has 0 unspecified atom stereocenters. The SMILES string of the molecule is CC(C)C(=O)Nc1cccc(CNC(=O)c2ccc(-c3ccc(F)cc3)s2)c1. The van der Waals surface area contributed by atoms with E-state index in [2.05, 4.69) is 10.6 Å². The summed E-state index contributed by atoms with van der Waals surface area (Å²) in [6.07, 6.45) is 0. The Morgan fingerprint density at radius 1 is 1.04 bits per heavy atom. The van der Waals surface area contributed by atoms with Crippen LogP contribution in [-0.2, 0) is 11.3 Å². The number of rotatable bonds is 6. The van der Waals surface area contributed by atoms with Crippen molar-refractivity contribution in [3.63, 3.8) is 0 Å². The number of nitrogens with one attached hydrogen (secondary N) is 2. The highest BCUT2D eigenvalue weighted by Gasteiger charge is 2.11. The highest BCUT2D eigenvalue weighted by molar-refractivity contribution is 7.17. The first-order valence-electron chi connectivity index (χ1n) is 8.96. The van der Waals surface area contributed by atoms with Gasteiger partial charge in [-0.15, -0.1) is 11.3 Å². The molecule has 6 heteroatoms. The minimum Gasteiger partial charge on any atom is -0.347 e. The normalized spacial score (nSPS) is 10.7. The van der Waals surface area contributed by atoms with Gasteiger partial charge in [0.15, 0.2) is 0 Å². The van der Waals surface area contributed by atoms with E-state index in [4.69, 9.17) is 0 Å². The Hall–Kier alpha value is -2.99. The molecule has 1 aromatic heterocycles. The molecule has 0 aliphatic carbocycles. The van der Waals surface area contributed by atoms with Gasteiger partial charge in [0.25, 0.3) is 5.91 Å². The van der Waals surface area contributed by atoms with Gasteiger partial charge in [-0.05, 0) is 47.5 Å². The lowest BCUT2D eigenvalue weighted by molar-refractivity contribution is -0.118. The Morgan fingerprint density at radius 3 is 2.50 bits per heavy atom. The predicted octanol–water partition coefficient (Wildman–Crippen LogP) is 5.08. The lowest BCUT2D eigenvalue weighted by Crippen LogP contribution is -2.22. The summed E-state index contributed by atoms with van der Waals surface area (Å²) >= 11 is 1.36. The maximum atomic E-state index is 13.1. The number of hydrogen-bond acceptors (Lipinski definition) is 3. The molecule has 28 heavy (non-hydrogen) atoms. The van der Waals surface area contributed by atoms with Crippen molar-refractivity contribution in [2.24, 2.45) is 5.92 Å². The van der Waals surface area contributed by atoms with E-state index in [1.54, 1.807) is 18.2 Å². The standard InChI is InChI=1S/C22H21FN2O2S/c1-14(2)21(26)25-18-5-3-4-15(12-18)13-24-22(27)20-11-10-19(28-20)16-6-8-17(23)9-7-16/h3-12,14H,13H2,1-2H3,(H,24,27)(H,25,26). The van der Waals surface area contributed by atoms with E-state index in [0.717, 1.165) is 16.0 Å². The van der Waals surface area contributed by atoms with Crippen LogP contribution in [0.3, 0.4) is 0 Å². The summed E-state index contributed by atoms with van der Waals surface area (Å²) < 4.78 is 13.1. The number of thiophene rings is 1. The van der Waals surface area contributed by atoms with Crippen LogP contribution in [-0.4, -0.2) is 11.8 Å². The maximum absolute atomic E-state index is 13.1. The van der Waals surface area contributed by atoms with Crippen LogP contribution in [0.4, 0.5) is 10.1 Å². The van der Waals surface area contributed by atoms with Crippen molar-refractivity contribution in [1.29, 1.82) is 0 Å². The van der Waals surface area contributed by atoms with Gasteiger partial charge in [0.05, 0.1) is 4.88 Å². The number of carbonyl (C=O) groups excluding carboxylic acids is 2. The number of benzene rings is 2. The number of hydrogen-bond donors (Lipinski definition) is 2. The summed E-state index contributed by atoms with van der Waals surface area (Å²) in [7, 11) is 0. The molecular weight excluding hydrogens is 375 g/mol. The summed E-state index contributed by atoms with van der Waals surface area (Å²) in [5, 5.41) is 5.74. The molecule has 3 rings (SSSR count). The molecule has 0 fully saturated rings. The van der Waals surface area contributed by atoms with Crippen LogP contribution >= 0.6 is 11.3 Å². The zero-order valence-corrected chi connectivity index (χ0v) is 16.5. The first kappa shape index (κ1) is 19.8. The molecule has 144 valence electrons. The van der Waals surface area contributed by atoms with Gasteiger partial charge in [0, 0.05) is 23.0 Å². The fourth-order valence-electron chi connectivity index (χ4n) is 2.54. The molecule has 1 heterocycles. The molecule has 3 aromatic rings. The second-order valence-electron chi connectivity index (χ2n) is 6.70. The van der Waals surface area contributed by atoms with Gasteiger partial charge in [-0.3, -0.25) is 9.59 Å². The van der Waals surface area contributed by atoms with Crippen molar-refractivity contribution < 1.29 is 14.0 Å². The predicted molar refractivity (Wildman–Crippen MR) is 111 cm³/mol. The molecule has 0 saturated carbocycles. The molecular formula is C22H21FN2O2S. The van der Waals surface area contributed by atoms with Crippen molar-refractivity contribution >= 4 is 28.8 Å². The number of amides is 2. The average Bonchev–Trinajstić information content (AvgIpc) is 3.17. The molecule has 0 saturated heterocycles. The van der Waals surface area contributed by atoms with Gasteiger partial charge in [-0.1, -0.05) is 38.1 Å². The fraction of sp³-hybridized carbons (Fsp3) is 0.182. The third kappa shape index (κ3) is 5.04. The van der Waals surface area contributed by atoms with Gasteiger partial charge >= 0.3 is 0 Å². The van der Waals surface area contributed by atoms with Crippen molar-refractivity contribution in [3.8, 4) is 10.4 Å². The monoisotopic (exact) mass is 396 g/mol. The van der Waals surface area contributed by atoms with E-state index in [9.17, 15) is 14.0 Å². The zero-order valence-electron chi connectivity index (χ0n) is 15.7. The van der Waals surface area contributed by atoms with E-state index in [0.29, 0.717) is 17.1 Å². The van der Waals surface area contributed by atoms with Gasteiger partial charge in [-0.25, -0.2) is 4.39 Å². The van der Waals surface area contributed by atoms with Crippen LogP contribution in [0.5, 0.6) is 0 Å². The second-order valence-corrected chi connectivity index (χ2v) is 7.78. The first-order valence-corrected chi connectivity index (χ1v) is 9.78. The molecule has 2 aromatic carbocycles. The van der Waals surface area contributed by atoms with E-state index in [1.807, 2.05) is 44.2 Å². The lowest BCUT2D eigenvalue weighted by Gasteiger charge is -2.10. The molecule has 2 amide bonds. The minimum atomic E-state index is -0.287. The Bertz CT molecular complexity index is 980. The fourth-order valence-corrected chi connectivity index (χ4v) is 3.47. The van der Waals surface area contributed by atoms with E-state index >= 15 is 0 Å². The third-order valence-electron chi connectivity index (χ3n) is 4.13. The Morgan fingerprint density at radius 2 is 1.79 bits per heavy atom. The van der Waals surface area contributed by atoms with Crippen molar-refractivity contribution in [1.82, 2.24) is 5.32 Å². The van der Waals surface area contributed by atoms with Crippen LogP contribution in [0.25, 0.3) is 10.4 Å². The highest BCUT2D eigenvalue weighted by atomic mass is 32.1. The van der Waals surface area contributed by atoms with E-state index < -0.39 is 0 Å². The van der Waals surface area contributed by atoms with Crippen molar-refractivity contribution in [3.05, 3.63) is 76.9 Å².